The lowest BCUT2D eigenvalue weighted by Gasteiger charge is -2.16. The molecule has 7 heteroatoms. The number of carboxylic acids is 1. The Balaban J connectivity index is 2.53. The van der Waals surface area contributed by atoms with Gasteiger partial charge in [-0.25, -0.2) is 4.79 Å². The maximum absolute atomic E-state index is 11.9. The Morgan fingerprint density at radius 1 is 1.23 bits per heavy atom. The van der Waals surface area contributed by atoms with Crippen LogP contribution < -0.4 is 10.6 Å². The van der Waals surface area contributed by atoms with Crippen LogP contribution in [0.2, 0.25) is 5.02 Å². The average molecular weight is 327 g/mol. The van der Waals surface area contributed by atoms with E-state index in [1.165, 1.54) is 6.07 Å². The summed E-state index contributed by atoms with van der Waals surface area (Å²) in [6.07, 6.45) is 0.319. The second kappa shape index (κ2) is 8.38. The van der Waals surface area contributed by atoms with Gasteiger partial charge in [-0.1, -0.05) is 37.6 Å². The topological polar surface area (TPSA) is 95.5 Å². The Bertz CT molecular complexity index is 560. The molecule has 0 aliphatic heterocycles. The lowest BCUT2D eigenvalue weighted by molar-refractivity contribution is -0.142. The number of hydrogen-bond acceptors (Lipinski definition) is 3. The fourth-order valence-electron chi connectivity index (χ4n) is 1.84. The monoisotopic (exact) mass is 326 g/mol. The molecule has 1 atom stereocenters. The fraction of sp³-hybridized carbons (Fsp3) is 0.400. The highest BCUT2D eigenvalue weighted by molar-refractivity contribution is 6.33. The van der Waals surface area contributed by atoms with E-state index in [0.717, 1.165) is 0 Å². The second-order valence-corrected chi connectivity index (χ2v) is 5.66. The zero-order valence-electron chi connectivity index (χ0n) is 12.4. The maximum Gasteiger partial charge on any atom is 0.326 e. The molecule has 0 spiro atoms. The molecular formula is C15H19ClN2O4. The molecule has 1 aromatic carbocycles. The van der Waals surface area contributed by atoms with E-state index in [-0.39, 0.29) is 23.0 Å². The Hall–Kier alpha value is -2.08. The predicted octanol–water partition coefficient (Wildman–Crippen LogP) is 1.69. The van der Waals surface area contributed by atoms with Crippen molar-refractivity contribution in [3.63, 3.8) is 0 Å². The first kappa shape index (κ1) is 18.0. The first-order valence-electron chi connectivity index (χ1n) is 6.86. The van der Waals surface area contributed by atoms with Crippen LogP contribution in [0.3, 0.4) is 0 Å². The molecule has 0 fully saturated rings. The molecule has 1 rings (SSSR count). The van der Waals surface area contributed by atoms with Crippen LogP contribution in [0.4, 0.5) is 0 Å². The van der Waals surface area contributed by atoms with Crippen LogP contribution in [0.5, 0.6) is 0 Å². The summed E-state index contributed by atoms with van der Waals surface area (Å²) in [6.45, 7) is 3.41. The van der Waals surface area contributed by atoms with Gasteiger partial charge in [0.25, 0.3) is 5.91 Å². The molecule has 0 radical (unpaired) electrons. The van der Waals surface area contributed by atoms with Gasteiger partial charge in [-0.05, 0) is 24.5 Å². The molecule has 0 aliphatic rings. The average Bonchev–Trinajstić information content (AvgIpc) is 2.44. The first-order chi connectivity index (χ1) is 10.3. The summed E-state index contributed by atoms with van der Waals surface area (Å²) >= 11 is 5.88. The van der Waals surface area contributed by atoms with Crippen LogP contribution >= 0.6 is 11.6 Å². The van der Waals surface area contributed by atoms with Crippen molar-refractivity contribution < 1.29 is 19.5 Å². The van der Waals surface area contributed by atoms with Crippen molar-refractivity contribution in [2.24, 2.45) is 5.92 Å². The van der Waals surface area contributed by atoms with Crippen LogP contribution in [-0.4, -0.2) is 35.5 Å². The number of carbonyl (C=O) groups is 3. The van der Waals surface area contributed by atoms with Crippen LogP contribution in [-0.2, 0) is 9.59 Å². The summed E-state index contributed by atoms with van der Waals surface area (Å²) in [4.78, 5) is 34.7. The number of benzene rings is 1. The summed E-state index contributed by atoms with van der Waals surface area (Å²) in [5.41, 5.74) is 0.258. The Morgan fingerprint density at radius 2 is 1.86 bits per heavy atom. The Labute approximate surface area is 133 Å². The van der Waals surface area contributed by atoms with Crippen LogP contribution in [0.1, 0.15) is 30.6 Å². The highest BCUT2D eigenvalue weighted by Gasteiger charge is 2.21. The van der Waals surface area contributed by atoms with Gasteiger partial charge < -0.3 is 15.7 Å². The van der Waals surface area contributed by atoms with E-state index in [0.29, 0.717) is 6.42 Å². The van der Waals surface area contributed by atoms with Crippen molar-refractivity contribution in [2.75, 3.05) is 6.54 Å². The fourth-order valence-corrected chi connectivity index (χ4v) is 2.06. The third-order valence-corrected chi connectivity index (χ3v) is 3.20. The highest BCUT2D eigenvalue weighted by Crippen LogP contribution is 2.14. The number of aliphatic carboxylic acids is 1. The van der Waals surface area contributed by atoms with Crippen molar-refractivity contribution in [3.8, 4) is 0 Å². The summed E-state index contributed by atoms with van der Waals surface area (Å²) in [6, 6.07) is 5.48. The molecule has 120 valence electrons. The van der Waals surface area contributed by atoms with Gasteiger partial charge in [0.05, 0.1) is 17.1 Å². The molecule has 0 heterocycles. The van der Waals surface area contributed by atoms with Gasteiger partial charge in [0.1, 0.15) is 6.04 Å². The number of nitrogens with one attached hydrogen (secondary N) is 2. The lowest BCUT2D eigenvalue weighted by atomic mass is 10.0. The largest absolute Gasteiger partial charge is 0.480 e. The first-order valence-corrected chi connectivity index (χ1v) is 7.24. The molecule has 0 aliphatic carbocycles. The zero-order chi connectivity index (χ0) is 16.7. The van der Waals surface area contributed by atoms with Crippen molar-refractivity contribution in [2.45, 2.75) is 26.3 Å². The molecule has 0 saturated heterocycles. The molecule has 0 unspecified atom stereocenters. The van der Waals surface area contributed by atoms with Crippen molar-refractivity contribution in [3.05, 3.63) is 34.9 Å². The standard InChI is InChI=1S/C15H19ClN2O4/c1-9(2)7-12(15(21)22)18-13(19)8-17-14(20)10-5-3-4-6-11(10)16/h3-6,9,12H,7-8H2,1-2H3,(H,17,20)(H,18,19)(H,21,22)/t12-/m0/s1. The number of carbonyl (C=O) groups excluding carboxylic acids is 2. The zero-order valence-corrected chi connectivity index (χ0v) is 13.2. The van der Waals surface area contributed by atoms with Crippen LogP contribution in [0, 0.1) is 5.92 Å². The molecule has 6 nitrogen and oxygen atoms in total. The van der Waals surface area contributed by atoms with Gasteiger partial charge >= 0.3 is 5.97 Å². The lowest BCUT2D eigenvalue weighted by Crippen LogP contribution is -2.46. The third kappa shape index (κ3) is 5.73. The number of carboxylic acid groups (broad SMARTS) is 1. The van der Waals surface area contributed by atoms with Gasteiger partial charge in [-0.3, -0.25) is 9.59 Å². The number of amides is 2. The van der Waals surface area contributed by atoms with E-state index in [1.54, 1.807) is 18.2 Å². The van der Waals surface area contributed by atoms with E-state index in [1.807, 2.05) is 13.8 Å². The molecule has 0 saturated carbocycles. The van der Waals surface area contributed by atoms with Crippen LogP contribution in [0.25, 0.3) is 0 Å². The summed E-state index contributed by atoms with van der Waals surface area (Å²) in [5.74, 6) is -2.02. The molecule has 2 amide bonds. The van der Waals surface area contributed by atoms with Gasteiger partial charge in [-0.2, -0.15) is 0 Å². The SMILES string of the molecule is CC(C)C[C@H](NC(=O)CNC(=O)c1ccccc1Cl)C(=O)O. The Kier molecular flexibility index (Phi) is 6.85. The second-order valence-electron chi connectivity index (χ2n) is 5.25. The van der Waals surface area contributed by atoms with Crippen molar-refractivity contribution >= 4 is 29.4 Å². The molecule has 1 aromatic rings. The maximum atomic E-state index is 11.9. The van der Waals surface area contributed by atoms with E-state index in [9.17, 15) is 14.4 Å². The highest BCUT2D eigenvalue weighted by atomic mass is 35.5. The smallest absolute Gasteiger partial charge is 0.326 e. The summed E-state index contributed by atoms with van der Waals surface area (Å²) in [7, 11) is 0. The number of hydrogen-bond donors (Lipinski definition) is 3. The molecule has 22 heavy (non-hydrogen) atoms. The minimum atomic E-state index is -1.10. The van der Waals surface area contributed by atoms with E-state index >= 15 is 0 Å². The van der Waals surface area contributed by atoms with Gasteiger partial charge in [-0.15, -0.1) is 0 Å². The summed E-state index contributed by atoms with van der Waals surface area (Å²) in [5, 5.41) is 14.1. The normalized spacial score (nSPS) is 11.8. The van der Waals surface area contributed by atoms with Gasteiger partial charge in [0, 0.05) is 0 Å². The molecular weight excluding hydrogens is 308 g/mol. The van der Waals surface area contributed by atoms with E-state index in [4.69, 9.17) is 16.7 Å². The third-order valence-electron chi connectivity index (χ3n) is 2.87. The van der Waals surface area contributed by atoms with Gasteiger partial charge in [0.15, 0.2) is 0 Å². The molecule has 0 aromatic heterocycles. The van der Waals surface area contributed by atoms with Crippen molar-refractivity contribution in [1.82, 2.24) is 10.6 Å². The molecule has 3 N–H and O–H groups in total. The van der Waals surface area contributed by atoms with Gasteiger partial charge in [0.2, 0.25) is 5.91 Å². The minimum Gasteiger partial charge on any atom is -0.480 e. The molecule has 0 bridgehead atoms. The minimum absolute atomic E-state index is 0.124. The predicted molar refractivity (Wildman–Crippen MR) is 82.8 cm³/mol. The summed E-state index contributed by atoms with van der Waals surface area (Å²) < 4.78 is 0. The van der Waals surface area contributed by atoms with E-state index in [2.05, 4.69) is 10.6 Å². The quantitative estimate of drug-likeness (QED) is 0.710. The number of halogens is 1. The number of rotatable bonds is 7. The van der Waals surface area contributed by atoms with Crippen LogP contribution in [0.15, 0.2) is 24.3 Å². The van der Waals surface area contributed by atoms with Crippen molar-refractivity contribution in [1.29, 1.82) is 0 Å². The Morgan fingerprint density at radius 3 is 2.41 bits per heavy atom. The van der Waals surface area contributed by atoms with E-state index < -0.39 is 23.8 Å².